The topological polar surface area (TPSA) is 68.1 Å². The third kappa shape index (κ3) is 3.78. The van der Waals surface area contributed by atoms with Crippen molar-refractivity contribution in [1.82, 2.24) is 19.7 Å². The van der Waals surface area contributed by atoms with E-state index in [4.69, 9.17) is 0 Å². The standard InChI is InChI=1S/C19H24N4O2/c1-13-10-14(2)12-22(11-13)19(25)15(3)23-18(24)5-4-17(21-23)16-6-8-20-9-7-16/h4-9,13-15H,10-12H2,1-3H3. The van der Waals surface area contributed by atoms with Crippen molar-refractivity contribution in [2.45, 2.75) is 33.2 Å². The van der Waals surface area contributed by atoms with Crippen molar-refractivity contribution in [3.63, 3.8) is 0 Å². The van der Waals surface area contributed by atoms with Crippen molar-refractivity contribution < 1.29 is 4.79 Å². The maximum Gasteiger partial charge on any atom is 0.267 e. The van der Waals surface area contributed by atoms with Crippen LogP contribution in [0.5, 0.6) is 0 Å². The van der Waals surface area contributed by atoms with E-state index < -0.39 is 6.04 Å². The minimum atomic E-state index is -0.619. The van der Waals surface area contributed by atoms with Crippen LogP contribution in [-0.4, -0.2) is 38.7 Å². The Labute approximate surface area is 147 Å². The second-order valence-electron chi connectivity index (χ2n) is 7.10. The number of nitrogens with zero attached hydrogens (tertiary/aromatic N) is 4. The smallest absolute Gasteiger partial charge is 0.267 e. The zero-order valence-corrected chi connectivity index (χ0v) is 14.9. The molecule has 6 nitrogen and oxygen atoms in total. The number of rotatable bonds is 3. The number of hydrogen-bond donors (Lipinski definition) is 0. The molecule has 0 aromatic carbocycles. The van der Waals surface area contributed by atoms with E-state index in [9.17, 15) is 9.59 Å². The van der Waals surface area contributed by atoms with E-state index in [0.29, 0.717) is 17.5 Å². The molecular weight excluding hydrogens is 316 g/mol. The van der Waals surface area contributed by atoms with Gasteiger partial charge in [-0.15, -0.1) is 0 Å². The Bertz CT molecular complexity index is 793. The van der Waals surface area contributed by atoms with Crippen molar-refractivity contribution in [3.8, 4) is 11.3 Å². The van der Waals surface area contributed by atoms with Crippen molar-refractivity contribution in [1.29, 1.82) is 0 Å². The summed E-state index contributed by atoms with van der Waals surface area (Å²) in [5, 5.41) is 4.43. The van der Waals surface area contributed by atoms with E-state index in [0.717, 1.165) is 25.1 Å². The van der Waals surface area contributed by atoms with E-state index in [-0.39, 0.29) is 11.5 Å². The lowest BCUT2D eigenvalue weighted by Crippen LogP contribution is -2.46. The third-order valence-electron chi connectivity index (χ3n) is 4.71. The lowest BCUT2D eigenvalue weighted by molar-refractivity contribution is -0.137. The highest BCUT2D eigenvalue weighted by Gasteiger charge is 2.29. The number of amides is 1. The number of pyridine rings is 1. The largest absolute Gasteiger partial charge is 0.340 e. The molecule has 1 amide bonds. The molecular formula is C19H24N4O2. The summed E-state index contributed by atoms with van der Waals surface area (Å²) < 4.78 is 1.29. The number of carbonyl (C=O) groups excluding carboxylic acids is 1. The zero-order chi connectivity index (χ0) is 18.0. The molecule has 0 bridgehead atoms. The number of carbonyl (C=O) groups is 1. The van der Waals surface area contributed by atoms with Gasteiger partial charge in [-0.2, -0.15) is 5.10 Å². The average molecular weight is 340 g/mol. The van der Waals surface area contributed by atoms with Crippen LogP contribution < -0.4 is 5.56 Å². The van der Waals surface area contributed by atoms with Crippen molar-refractivity contribution in [2.75, 3.05) is 13.1 Å². The summed E-state index contributed by atoms with van der Waals surface area (Å²) in [6, 6.07) is 6.19. The molecule has 0 N–H and O–H groups in total. The first-order valence-electron chi connectivity index (χ1n) is 8.74. The summed E-state index contributed by atoms with van der Waals surface area (Å²) in [6.07, 6.45) is 4.49. The van der Waals surface area contributed by atoms with Crippen LogP contribution in [0.25, 0.3) is 11.3 Å². The number of aromatic nitrogens is 3. The maximum absolute atomic E-state index is 12.9. The van der Waals surface area contributed by atoms with Crippen LogP contribution in [-0.2, 0) is 4.79 Å². The Morgan fingerprint density at radius 2 is 1.76 bits per heavy atom. The van der Waals surface area contributed by atoms with Gasteiger partial charge in [-0.3, -0.25) is 14.6 Å². The van der Waals surface area contributed by atoms with Gasteiger partial charge in [-0.05, 0) is 43.4 Å². The molecule has 0 radical (unpaired) electrons. The van der Waals surface area contributed by atoms with Crippen molar-refractivity contribution >= 4 is 5.91 Å². The van der Waals surface area contributed by atoms with Crippen LogP contribution in [0.2, 0.25) is 0 Å². The second-order valence-corrected chi connectivity index (χ2v) is 7.10. The minimum absolute atomic E-state index is 0.0418. The molecule has 2 aromatic heterocycles. The van der Waals surface area contributed by atoms with Gasteiger partial charge in [0, 0.05) is 37.1 Å². The molecule has 3 unspecified atom stereocenters. The molecule has 3 rings (SSSR count). The number of likely N-dealkylation sites (tertiary alicyclic amines) is 1. The molecule has 2 aromatic rings. The molecule has 1 fully saturated rings. The fourth-order valence-electron chi connectivity index (χ4n) is 3.59. The molecule has 132 valence electrons. The fourth-order valence-corrected chi connectivity index (χ4v) is 3.59. The van der Waals surface area contributed by atoms with E-state index in [1.54, 1.807) is 25.4 Å². The Hall–Kier alpha value is -2.50. The van der Waals surface area contributed by atoms with Crippen LogP contribution in [0.3, 0.4) is 0 Å². The van der Waals surface area contributed by atoms with Gasteiger partial charge in [-0.25, -0.2) is 4.68 Å². The van der Waals surface area contributed by atoms with Gasteiger partial charge in [0.15, 0.2) is 0 Å². The molecule has 0 saturated carbocycles. The SMILES string of the molecule is CC1CC(C)CN(C(=O)C(C)n2nc(-c3ccncc3)ccc2=O)C1. The normalized spacial score (nSPS) is 21.8. The molecule has 1 saturated heterocycles. The Morgan fingerprint density at radius 3 is 2.40 bits per heavy atom. The van der Waals surface area contributed by atoms with Gasteiger partial charge in [0.05, 0.1) is 5.69 Å². The summed E-state index contributed by atoms with van der Waals surface area (Å²) in [5.74, 6) is 0.917. The quantitative estimate of drug-likeness (QED) is 0.860. The minimum Gasteiger partial charge on any atom is -0.340 e. The number of piperidine rings is 1. The lowest BCUT2D eigenvalue weighted by atomic mass is 9.91. The van der Waals surface area contributed by atoms with Gasteiger partial charge >= 0.3 is 0 Å². The number of hydrogen-bond acceptors (Lipinski definition) is 4. The predicted molar refractivity (Wildman–Crippen MR) is 96.0 cm³/mol. The van der Waals surface area contributed by atoms with Crippen LogP contribution in [0.4, 0.5) is 0 Å². The molecule has 1 aliphatic rings. The highest BCUT2D eigenvalue weighted by atomic mass is 16.2. The van der Waals surface area contributed by atoms with Gasteiger partial charge in [0.2, 0.25) is 5.91 Å². The Morgan fingerprint density at radius 1 is 1.12 bits per heavy atom. The van der Waals surface area contributed by atoms with E-state index in [2.05, 4.69) is 23.9 Å². The Kier molecular flexibility index (Phi) is 4.97. The summed E-state index contributed by atoms with van der Waals surface area (Å²) >= 11 is 0. The average Bonchev–Trinajstić information content (AvgIpc) is 2.61. The van der Waals surface area contributed by atoms with Crippen LogP contribution in [0, 0.1) is 11.8 Å². The highest BCUT2D eigenvalue weighted by Crippen LogP contribution is 2.23. The van der Waals surface area contributed by atoms with Crippen molar-refractivity contribution in [2.24, 2.45) is 11.8 Å². The Balaban J connectivity index is 1.87. The first-order valence-corrected chi connectivity index (χ1v) is 8.74. The summed E-state index contributed by atoms with van der Waals surface area (Å²) in [4.78, 5) is 31.0. The fraction of sp³-hybridized carbons (Fsp3) is 0.474. The van der Waals surface area contributed by atoms with Crippen LogP contribution >= 0.6 is 0 Å². The van der Waals surface area contributed by atoms with Gasteiger partial charge in [0.1, 0.15) is 6.04 Å². The van der Waals surface area contributed by atoms with Crippen molar-refractivity contribution in [3.05, 3.63) is 47.0 Å². The third-order valence-corrected chi connectivity index (χ3v) is 4.71. The molecule has 0 spiro atoms. The molecule has 6 heteroatoms. The predicted octanol–water partition coefficient (Wildman–Crippen LogP) is 2.37. The summed E-state index contributed by atoms with van der Waals surface area (Å²) in [6.45, 7) is 7.56. The molecule has 25 heavy (non-hydrogen) atoms. The molecule has 3 heterocycles. The zero-order valence-electron chi connectivity index (χ0n) is 14.9. The molecule has 0 aliphatic carbocycles. The van der Waals surface area contributed by atoms with Crippen LogP contribution in [0.15, 0.2) is 41.5 Å². The van der Waals surface area contributed by atoms with Crippen LogP contribution in [0.1, 0.15) is 33.2 Å². The first kappa shape index (κ1) is 17.3. The first-order chi connectivity index (χ1) is 12.0. The van der Waals surface area contributed by atoms with E-state index >= 15 is 0 Å². The van der Waals surface area contributed by atoms with Gasteiger partial charge in [-0.1, -0.05) is 13.8 Å². The molecule has 1 aliphatic heterocycles. The van der Waals surface area contributed by atoms with E-state index in [1.165, 1.54) is 10.7 Å². The maximum atomic E-state index is 12.9. The highest BCUT2D eigenvalue weighted by molar-refractivity contribution is 5.80. The molecule has 3 atom stereocenters. The van der Waals surface area contributed by atoms with Gasteiger partial charge < -0.3 is 4.90 Å². The summed E-state index contributed by atoms with van der Waals surface area (Å²) in [5.41, 5.74) is 1.25. The van der Waals surface area contributed by atoms with Gasteiger partial charge in [0.25, 0.3) is 5.56 Å². The monoisotopic (exact) mass is 340 g/mol. The lowest BCUT2D eigenvalue weighted by Gasteiger charge is -2.36. The summed E-state index contributed by atoms with van der Waals surface area (Å²) in [7, 11) is 0. The second kappa shape index (κ2) is 7.17. The van der Waals surface area contributed by atoms with E-state index in [1.807, 2.05) is 17.0 Å².